The fraction of sp³-hybridized carbons (Fsp3) is 0.267. The summed E-state index contributed by atoms with van der Waals surface area (Å²) in [4.78, 5) is 0. The van der Waals surface area contributed by atoms with Gasteiger partial charge in [0.05, 0.1) is 18.0 Å². The van der Waals surface area contributed by atoms with Gasteiger partial charge in [0.1, 0.15) is 12.1 Å². The maximum absolute atomic E-state index is 5.53. The molecule has 2 aromatic heterocycles. The van der Waals surface area contributed by atoms with Crippen molar-refractivity contribution in [3.8, 4) is 5.69 Å². The van der Waals surface area contributed by atoms with Crippen LogP contribution in [0, 0.1) is 0 Å². The molecular weight excluding hydrogens is 266 g/mol. The van der Waals surface area contributed by atoms with Gasteiger partial charge >= 0.3 is 0 Å². The lowest BCUT2D eigenvalue weighted by molar-refractivity contribution is 0.461. The average Bonchev–Trinajstić information content (AvgIpc) is 3.20. The van der Waals surface area contributed by atoms with Crippen LogP contribution in [0.3, 0.4) is 0 Å². The number of rotatable bonds is 3. The summed E-state index contributed by atoms with van der Waals surface area (Å²) in [5, 5.41) is 14.7. The molecule has 0 saturated carbocycles. The Hall–Kier alpha value is -2.63. The molecule has 0 amide bonds. The quantitative estimate of drug-likeness (QED) is 0.799. The maximum Gasteiger partial charge on any atom is 0.143 e. The zero-order valence-corrected chi connectivity index (χ0v) is 11.4. The predicted octanol–water partition coefficient (Wildman–Crippen LogP) is 2.74. The summed E-state index contributed by atoms with van der Waals surface area (Å²) in [6.45, 7) is 0. The number of hydrogen-bond donors (Lipinski definition) is 1. The number of tetrazole rings is 1. The van der Waals surface area contributed by atoms with Gasteiger partial charge < -0.3 is 9.73 Å². The van der Waals surface area contributed by atoms with Crippen LogP contribution in [0.4, 0.5) is 5.69 Å². The van der Waals surface area contributed by atoms with Crippen LogP contribution in [0.2, 0.25) is 0 Å². The minimum atomic E-state index is 0.325. The fourth-order valence-corrected chi connectivity index (χ4v) is 2.83. The lowest BCUT2D eigenvalue weighted by Gasteiger charge is -2.23. The van der Waals surface area contributed by atoms with Crippen LogP contribution in [-0.2, 0) is 6.42 Å². The Labute approximate surface area is 121 Å². The molecule has 21 heavy (non-hydrogen) atoms. The van der Waals surface area contributed by atoms with Gasteiger partial charge in [0.2, 0.25) is 0 Å². The Balaban J connectivity index is 1.54. The summed E-state index contributed by atoms with van der Waals surface area (Å²) in [5.74, 6) is 1.11. The highest BCUT2D eigenvalue weighted by Gasteiger charge is 2.22. The van der Waals surface area contributed by atoms with Gasteiger partial charge in [-0.2, -0.15) is 0 Å². The van der Waals surface area contributed by atoms with E-state index in [4.69, 9.17) is 4.42 Å². The van der Waals surface area contributed by atoms with Crippen molar-refractivity contribution in [2.24, 2.45) is 0 Å². The summed E-state index contributed by atoms with van der Waals surface area (Å²) in [6.07, 6.45) is 6.69. The van der Waals surface area contributed by atoms with Gasteiger partial charge in [-0.3, -0.25) is 0 Å². The van der Waals surface area contributed by atoms with Crippen molar-refractivity contribution < 1.29 is 4.42 Å². The zero-order chi connectivity index (χ0) is 14.1. The largest absolute Gasteiger partial charge is 0.469 e. The van der Waals surface area contributed by atoms with Gasteiger partial charge in [-0.25, -0.2) is 4.68 Å². The standard InChI is InChI=1S/C15H15N5O/c1-2-14(13-8-9-21-15(13)3-1)17-11-4-6-12(7-5-11)20-10-16-18-19-20/h4-10,14,17H,1-3H2. The third kappa shape index (κ3) is 2.29. The first kappa shape index (κ1) is 12.1. The highest BCUT2D eigenvalue weighted by Crippen LogP contribution is 2.33. The van der Waals surface area contributed by atoms with E-state index in [1.165, 1.54) is 5.56 Å². The van der Waals surface area contributed by atoms with Gasteiger partial charge in [-0.1, -0.05) is 0 Å². The van der Waals surface area contributed by atoms with Crippen LogP contribution in [-0.4, -0.2) is 20.2 Å². The first-order chi connectivity index (χ1) is 10.4. The number of nitrogens with one attached hydrogen (secondary N) is 1. The Bertz CT molecular complexity index is 717. The van der Waals surface area contributed by atoms with E-state index in [-0.39, 0.29) is 0 Å². The van der Waals surface area contributed by atoms with Crippen molar-refractivity contribution in [3.63, 3.8) is 0 Å². The smallest absolute Gasteiger partial charge is 0.143 e. The van der Waals surface area contributed by atoms with E-state index in [2.05, 4.69) is 26.9 Å². The molecular formula is C15H15N5O. The van der Waals surface area contributed by atoms with Crippen molar-refractivity contribution in [1.82, 2.24) is 20.2 Å². The van der Waals surface area contributed by atoms with Gasteiger partial charge in [-0.15, -0.1) is 5.10 Å². The Kier molecular flexibility index (Phi) is 2.92. The first-order valence-corrected chi connectivity index (χ1v) is 7.06. The normalized spacial score (nSPS) is 17.4. The molecule has 1 N–H and O–H groups in total. The molecule has 4 rings (SSSR count). The molecule has 0 bridgehead atoms. The summed E-state index contributed by atoms with van der Waals surface area (Å²) < 4.78 is 7.16. The number of aromatic nitrogens is 4. The lowest BCUT2D eigenvalue weighted by atomic mass is 9.93. The average molecular weight is 281 g/mol. The molecule has 1 atom stereocenters. The predicted molar refractivity (Wildman–Crippen MR) is 77.2 cm³/mol. The number of nitrogens with zero attached hydrogens (tertiary/aromatic N) is 4. The molecule has 0 spiro atoms. The van der Waals surface area contributed by atoms with Gasteiger partial charge in [0, 0.05) is 17.7 Å². The monoisotopic (exact) mass is 281 g/mol. The van der Waals surface area contributed by atoms with E-state index in [1.54, 1.807) is 17.3 Å². The second-order valence-electron chi connectivity index (χ2n) is 5.19. The van der Waals surface area contributed by atoms with Gasteiger partial charge in [0.15, 0.2) is 0 Å². The molecule has 106 valence electrons. The minimum absolute atomic E-state index is 0.325. The molecule has 0 aliphatic heterocycles. The van der Waals surface area contributed by atoms with Crippen molar-refractivity contribution in [2.45, 2.75) is 25.3 Å². The van der Waals surface area contributed by atoms with E-state index in [0.717, 1.165) is 36.4 Å². The SMILES string of the molecule is c1cc2c(o1)CCCC2Nc1ccc(-n2cnnn2)cc1. The third-order valence-electron chi connectivity index (χ3n) is 3.87. The minimum Gasteiger partial charge on any atom is -0.469 e. The van der Waals surface area contributed by atoms with Crippen LogP contribution in [0.25, 0.3) is 5.69 Å². The molecule has 3 aromatic rings. The second kappa shape index (κ2) is 5.05. The second-order valence-corrected chi connectivity index (χ2v) is 5.19. The third-order valence-corrected chi connectivity index (χ3v) is 3.87. The molecule has 1 aromatic carbocycles. The summed E-state index contributed by atoms with van der Waals surface area (Å²) in [7, 11) is 0. The molecule has 1 aliphatic carbocycles. The Morgan fingerprint density at radius 3 is 2.90 bits per heavy atom. The Morgan fingerprint density at radius 1 is 1.19 bits per heavy atom. The van der Waals surface area contributed by atoms with Crippen molar-refractivity contribution >= 4 is 5.69 Å². The number of aryl methyl sites for hydroxylation is 1. The number of anilines is 1. The van der Waals surface area contributed by atoms with E-state index >= 15 is 0 Å². The summed E-state index contributed by atoms with van der Waals surface area (Å²) in [5.41, 5.74) is 3.31. The van der Waals surface area contributed by atoms with Crippen LogP contribution >= 0.6 is 0 Å². The Morgan fingerprint density at radius 2 is 2.10 bits per heavy atom. The molecule has 0 saturated heterocycles. The van der Waals surface area contributed by atoms with E-state index in [1.807, 2.05) is 24.3 Å². The zero-order valence-electron chi connectivity index (χ0n) is 11.4. The highest BCUT2D eigenvalue weighted by molar-refractivity contribution is 5.50. The van der Waals surface area contributed by atoms with E-state index in [9.17, 15) is 0 Å². The number of hydrogen-bond acceptors (Lipinski definition) is 5. The number of furan rings is 1. The molecule has 6 heteroatoms. The molecule has 1 unspecified atom stereocenters. The van der Waals surface area contributed by atoms with Crippen LogP contribution < -0.4 is 5.32 Å². The van der Waals surface area contributed by atoms with E-state index in [0.29, 0.717) is 6.04 Å². The van der Waals surface area contributed by atoms with Crippen LogP contribution in [0.15, 0.2) is 47.3 Å². The lowest BCUT2D eigenvalue weighted by Crippen LogP contribution is -2.15. The topological polar surface area (TPSA) is 68.8 Å². The van der Waals surface area contributed by atoms with Crippen molar-refractivity contribution in [2.75, 3.05) is 5.32 Å². The van der Waals surface area contributed by atoms with E-state index < -0.39 is 0 Å². The molecule has 0 fully saturated rings. The van der Waals surface area contributed by atoms with Crippen LogP contribution in [0.5, 0.6) is 0 Å². The molecule has 1 aliphatic rings. The molecule has 6 nitrogen and oxygen atoms in total. The van der Waals surface area contributed by atoms with Crippen LogP contribution in [0.1, 0.15) is 30.2 Å². The first-order valence-electron chi connectivity index (χ1n) is 7.06. The fourth-order valence-electron chi connectivity index (χ4n) is 2.83. The number of benzene rings is 1. The summed E-state index contributed by atoms with van der Waals surface area (Å²) >= 11 is 0. The maximum atomic E-state index is 5.53. The summed E-state index contributed by atoms with van der Waals surface area (Å²) in [6, 6.07) is 10.5. The van der Waals surface area contributed by atoms with Crippen molar-refractivity contribution in [3.05, 3.63) is 54.2 Å². The van der Waals surface area contributed by atoms with Crippen molar-refractivity contribution in [1.29, 1.82) is 0 Å². The van der Waals surface area contributed by atoms with Gasteiger partial charge in [-0.05, 0) is 53.6 Å². The highest BCUT2D eigenvalue weighted by atomic mass is 16.3. The number of fused-ring (bicyclic) bond motifs is 1. The van der Waals surface area contributed by atoms with Gasteiger partial charge in [0.25, 0.3) is 0 Å². The molecule has 0 radical (unpaired) electrons. The molecule has 2 heterocycles.